The molecular formula is C26H21ClN2O5. The molecule has 3 aromatic rings. The first-order chi connectivity index (χ1) is 16.4. The molecule has 0 atom stereocenters. The highest BCUT2D eigenvalue weighted by Gasteiger charge is 2.39. The van der Waals surface area contributed by atoms with Crippen molar-refractivity contribution in [3.05, 3.63) is 94.7 Å². The molecule has 0 aliphatic carbocycles. The summed E-state index contributed by atoms with van der Waals surface area (Å²) in [7, 11) is 1.52. The number of carbonyl (C=O) groups excluding carboxylic acids is 3. The van der Waals surface area contributed by atoms with E-state index in [9.17, 15) is 14.4 Å². The number of nitrogens with one attached hydrogen (secondary N) is 1. The minimum absolute atomic E-state index is 0.0474. The maximum atomic E-state index is 12.9. The van der Waals surface area contributed by atoms with Crippen molar-refractivity contribution >= 4 is 40.8 Å². The van der Waals surface area contributed by atoms with Crippen LogP contribution in [0.4, 0.5) is 11.4 Å². The van der Waals surface area contributed by atoms with Crippen LogP contribution >= 0.6 is 11.6 Å². The van der Waals surface area contributed by atoms with Crippen molar-refractivity contribution in [1.82, 2.24) is 0 Å². The Kier molecular flexibility index (Phi) is 6.65. The third-order valence-corrected chi connectivity index (χ3v) is 5.64. The molecule has 0 fully saturated rings. The Morgan fingerprint density at radius 1 is 0.882 bits per heavy atom. The second-order valence-electron chi connectivity index (χ2n) is 7.42. The van der Waals surface area contributed by atoms with Crippen molar-refractivity contribution < 1.29 is 23.9 Å². The predicted octanol–water partition coefficient (Wildman–Crippen LogP) is 4.91. The van der Waals surface area contributed by atoms with Gasteiger partial charge in [0.2, 0.25) is 0 Å². The number of hydrogen-bond donors (Lipinski definition) is 1. The number of ether oxygens (including phenoxy) is 2. The van der Waals surface area contributed by atoms with Crippen LogP contribution in [0.25, 0.3) is 0 Å². The molecule has 0 saturated heterocycles. The van der Waals surface area contributed by atoms with E-state index in [0.717, 1.165) is 16.9 Å². The second kappa shape index (κ2) is 9.80. The van der Waals surface area contributed by atoms with E-state index in [1.165, 1.54) is 7.11 Å². The number of imide groups is 1. The van der Waals surface area contributed by atoms with Gasteiger partial charge >= 0.3 is 5.97 Å². The summed E-state index contributed by atoms with van der Waals surface area (Å²) in [5, 5.41) is 2.66. The topological polar surface area (TPSA) is 84.9 Å². The molecule has 0 unspecified atom stereocenters. The fraction of sp³-hybridized carbons (Fsp3) is 0.115. The summed E-state index contributed by atoms with van der Waals surface area (Å²) in [6.45, 7) is 2.05. The zero-order valence-corrected chi connectivity index (χ0v) is 19.3. The van der Waals surface area contributed by atoms with Gasteiger partial charge in [-0.2, -0.15) is 0 Å². The van der Waals surface area contributed by atoms with E-state index < -0.39 is 17.8 Å². The average Bonchev–Trinajstić information content (AvgIpc) is 3.08. The van der Waals surface area contributed by atoms with Gasteiger partial charge in [-0.05, 0) is 72.6 Å². The van der Waals surface area contributed by atoms with Crippen LogP contribution in [0.3, 0.4) is 0 Å². The summed E-state index contributed by atoms with van der Waals surface area (Å²) in [4.78, 5) is 38.9. The van der Waals surface area contributed by atoms with Crippen molar-refractivity contribution in [2.75, 3.05) is 17.3 Å². The van der Waals surface area contributed by atoms with Gasteiger partial charge in [-0.1, -0.05) is 30.7 Å². The number of halogens is 1. The average molecular weight is 477 g/mol. The van der Waals surface area contributed by atoms with Crippen molar-refractivity contribution in [1.29, 1.82) is 0 Å². The molecule has 34 heavy (non-hydrogen) atoms. The smallest absolute Gasteiger partial charge is 0.343 e. The zero-order valence-electron chi connectivity index (χ0n) is 18.5. The SMILES string of the molecule is CCc1ccc(OC(=O)c2ccc(NC3=C(Cl)C(=O)N(c4ccc(OC)cc4)C3=O)cc2)cc1. The Morgan fingerprint density at radius 2 is 1.50 bits per heavy atom. The molecule has 1 N–H and O–H groups in total. The van der Waals surface area contributed by atoms with Gasteiger partial charge in [0.15, 0.2) is 0 Å². The number of anilines is 2. The van der Waals surface area contributed by atoms with Crippen LogP contribution in [-0.4, -0.2) is 24.9 Å². The van der Waals surface area contributed by atoms with Gasteiger partial charge in [-0.15, -0.1) is 0 Å². The number of nitrogens with zero attached hydrogens (tertiary/aromatic N) is 1. The molecule has 3 aromatic carbocycles. The number of esters is 1. The third kappa shape index (κ3) is 4.65. The van der Waals surface area contributed by atoms with Gasteiger partial charge < -0.3 is 14.8 Å². The van der Waals surface area contributed by atoms with Crippen LogP contribution in [0.2, 0.25) is 0 Å². The number of methoxy groups -OCH3 is 1. The standard InChI is InChI=1S/C26H21ClN2O5/c1-3-16-4-12-21(13-5-16)34-26(32)17-6-8-18(9-7-17)28-23-22(27)24(30)29(25(23)31)19-10-14-20(33-2)15-11-19/h4-15,28H,3H2,1-2H3. The van der Waals surface area contributed by atoms with E-state index >= 15 is 0 Å². The van der Waals surface area contributed by atoms with Gasteiger partial charge in [-0.3, -0.25) is 9.59 Å². The molecule has 0 aromatic heterocycles. The van der Waals surface area contributed by atoms with Gasteiger partial charge in [0, 0.05) is 5.69 Å². The number of rotatable bonds is 7. The molecule has 0 bridgehead atoms. The highest BCUT2D eigenvalue weighted by molar-refractivity contribution is 6.53. The van der Waals surface area contributed by atoms with Crippen LogP contribution in [-0.2, 0) is 16.0 Å². The molecule has 0 radical (unpaired) electrons. The molecule has 2 amide bonds. The highest BCUT2D eigenvalue weighted by atomic mass is 35.5. The quantitative estimate of drug-likeness (QED) is 0.296. The van der Waals surface area contributed by atoms with Crippen molar-refractivity contribution in [3.63, 3.8) is 0 Å². The Labute approximate surface area is 201 Å². The molecule has 1 heterocycles. The van der Waals surface area contributed by atoms with Gasteiger partial charge in [0.25, 0.3) is 11.8 Å². The molecule has 8 heteroatoms. The lowest BCUT2D eigenvalue weighted by molar-refractivity contribution is -0.120. The summed E-state index contributed by atoms with van der Waals surface area (Å²) in [6, 6.07) is 20.1. The molecule has 4 rings (SSSR count). The van der Waals surface area contributed by atoms with Crippen molar-refractivity contribution in [2.45, 2.75) is 13.3 Å². The molecular weight excluding hydrogens is 456 g/mol. The fourth-order valence-electron chi connectivity index (χ4n) is 3.37. The van der Waals surface area contributed by atoms with E-state index in [4.69, 9.17) is 21.1 Å². The lowest BCUT2D eigenvalue weighted by Gasteiger charge is -2.15. The fourth-order valence-corrected chi connectivity index (χ4v) is 3.58. The van der Waals surface area contributed by atoms with E-state index in [0.29, 0.717) is 28.4 Å². The molecule has 7 nitrogen and oxygen atoms in total. The Morgan fingerprint density at radius 3 is 2.09 bits per heavy atom. The summed E-state index contributed by atoms with van der Waals surface area (Å²) >= 11 is 6.18. The lowest BCUT2D eigenvalue weighted by atomic mass is 10.1. The van der Waals surface area contributed by atoms with Crippen LogP contribution in [0.1, 0.15) is 22.8 Å². The van der Waals surface area contributed by atoms with Crippen molar-refractivity contribution in [3.8, 4) is 11.5 Å². The number of hydrogen-bond acceptors (Lipinski definition) is 6. The normalized spacial score (nSPS) is 13.3. The van der Waals surface area contributed by atoms with Crippen molar-refractivity contribution in [2.24, 2.45) is 0 Å². The van der Waals surface area contributed by atoms with Crippen LogP contribution < -0.4 is 19.7 Å². The molecule has 0 saturated carbocycles. The highest BCUT2D eigenvalue weighted by Crippen LogP contribution is 2.31. The number of benzene rings is 3. The maximum absolute atomic E-state index is 12.9. The largest absolute Gasteiger partial charge is 0.497 e. The maximum Gasteiger partial charge on any atom is 0.343 e. The third-order valence-electron chi connectivity index (χ3n) is 5.29. The minimum atomic E-state index is -0.631. The number of amides is 2. The summed E-state index contributed by atoms with van der Waals surface area (Å²) < 4.78 is 10.5. The number of aryl methyl sites for hydroxylation is 1. The monoisotopic (exact) mass is 476 g/mol. The molecule has 1 aliphatic rings. The zero-order chi connectivity index (χ0) is 24.2. The molecule has 0 spiro atoms. The first-order valence-electron chi connectivity index (χ1n) is 10.5. The van der Waals surface area contributed by atoms with E-state index in [1.807, 2.05) is 19.1 Å². The Balaban J connectivity index is 1.45. The second-order valence-corrected chi connectivity index (χ2v) is 7.80. The summed E-state index contributed by atoms with van der Waals surface area (Å²) in [6.07, 6.45) is 0.898. The number of carbonyl (C=O) groups is 3. The van der Waals surface area contributed by atoms with Crippen LogP contribution in [0.5, 0.6) is 11.5 Å². The first-order valence-corrected chi connectivity index (χ1v) is 10.9. The van der Waals surface area contributed by atoms with Crippen LogP contribution in [0, 0.1) is 0 Å². The van der Waals surface area contributed by atoms with E-state index in [2.05, 4.69) is 5.32 Å². The Bertz CT molecular complexity index is 1270. The first kappa shape index (κ1) is 23.1. The Hall–Kier alpha value is -4.10. The van der Waals surface area contributed by atoms with Gasteiger partial charge in [0.1, 0.15) is 22.2 Å². The molecule has 1 aliphatic heterocycles. The van der Waals surface area contributed by atoms with Gasteiger partial charge in [0.05, 0.1) is 18.4 Å². The summed E-state index contributed by atoms with van der Waals surface area (Å²) in [5.41, 5.74) is 2.28. The summed E-state index contributed by atoms with van der Waals surface area (Å²) in [5.74, 6) is -0.675. The van der Waals surface area contributed by atoms with E-state index in [1.54, 1.807) is 60.7 Å². The molecule has 172 valence electrons. The van der Waals surface area contributed by atoms with Crippen LogP contribution in [0.15, 0.2) is 83.5 Å². The lowest BCUT2D eigenvalue weighted by Crippen LogP contribution is -2.32. The van der Waals surface area contributed by atoms with E-state index in [-0.39, 0.29) is 10.7 Å². The van der Waals surface area contributed by atoms with Gasteiger partial charge in [-0.25, -0.2) is 9.69 Å². The predicted molar refractivity (Wildman–Crippen MR) is 129 cm³/mol. The minimum Gasteiger partial charge on any atom is -0.497 e.